The summed E-state index contributed by atoms with van der Waals surface area (Å²) in [4.78, 5) is 49.5. The van der Waals surface area contributed by atoms with Crippen LogP contribution in [0.25, 0.3) is 11.1 Å². The Kier molecular flexibility index (Phi) is 13.6. The first-order valence-electron chi connectivity index (χ1n) is 16.3. The smallest absolute Gasteiger partial charge is 0.276 e. The molecular formula is C34H40Cl4N6O9. The average molecular weight is 819 g/mol. The molecule has 1 saturated heterocycles. The van der Waals surface area contributed by atoms with Gasteiger partial charge in [-0.25, -0.2) is 4.68 Å². The molecule has 0 aliphatic carbocycles. The number of halogens is 4. The van der Waals surface area contributed by atoms with Crippen molar-refractivity contribution in [3.05, 3.63) is 55.4 Å². The molecule has 4 aliphatic rings. The summed E-state index contributed by atoms with van der Waals surface area (Å²) < 4.78 is 30.0. The van der Waals surface area contributed by atoms with Crippen molar-refractivity contribution < 1.29 is 38.1 Å². The number of hydrogen-bond acceptors (Lipinski definition) is 10. The van der Waals surface area contributed by atoms with Gasteiger partial charge in [0, 0.05) is 42.3 Å². The van der Waals surface area contributed by atoms with E-state index >= 15 is 0 Å². The summed E-state index contributed by atoms with van der Waals surface area (Å²) in [5, 5.41) is 7.17. The van der Waals surface area contributed by atoms with Crippen LogP contribution < -0.4 is 25.2 Å². The van der Waals surface area contributed by atoms with E-state index in [-0.39, 0.29) is 55.8 Å². The van der Waals surface area contributed by atoms with Crippen LogP contribution in [0, 0.1) is 0 Å². The molecule has 1 N–H and O–H groups in total. The Balaban J connectivity index is 0.000000201. The maximum atomic E-state index is 13.0. The molecule has 288 valence electrons. The Morgan fingerprint density at radius 3 is 2.26 bits per heavy atom. The highest BCUT2D eigenvalue weighted by molar-refractivity contribution is 6.36. The van der Waals surface area contributed by atoms with Crippen molar-refractivity contribution in [3.63, 3.8) is 0 Å². The van der Waals surface area contributed by atoms with Gasteiger partial charge < -0.3 is 29.0 Å². The summed E-state index contributed by atoms with van der Waals surface area (Å²) in [5.41, 5.74) is 1.79. The number of carbonyl (C=O) groups excluding carboxylic acids is 3. The molecule has 1 fully saturated rings. The average Bonchev–Trinajstić information content (AvgIpc) is 3.41. The summed E-state index contributed by atoms with van der Waals surface area (Å²) >= 11 is 26.0. The van der Waals surface area contributed by atoms with Gasteiger partial charge in [0.25, 0.3) is 17.4 Å². The van der Waals surface area contributed by atoms with Crippen LogP contribution in [0.3, 0.4) is 0 Å². The Morgan fingerprint density at radius 1 is 0.887 bits per heavy atom. The van der Waals surface area contributed by atoms with E-state index in [1.54, 1.807) is 38.6 Å². The third kappa shape index (κ3) is 8.42. The summed E-state index contributed by atoms with van der Waals surface area (Å²) in [6.45, 7) is 5.52. The van der Waals surface area contributed by atoms with Crippen molar-refractivity contribution >= 4 is 76.0 Å². The second kappa shape index (κ2) is 17.7. The Morgan fingerprint density at radius 2 is 1.55 bits per heavy atom. The standard InChI is InChI=1S/C17H17Cl2N3O5.C16H19Cl2N3O4.CH4/c1-25-9-20-12-6-10(11(18)7-13(12)27-8-14(20)23)15-16(19)21-2-4-26-5-3-22(21)17(15)24;1-10(16(18)21-3-5-24-4-2-20(21)9-22)11-6-13-14(7-12(11)17)25-8-15(23)19-13;/h6-7H,2-5,8-9H2,1H3;6-7,9-10,16H,2-5,8H2,1H3,(H,19,23);1H4. The van der Waals surface area contributed by atoms with Crippen molar-refractivity contribution in [1.82, 2.24) is 19.4 Å². The van der Waals surface area contributed by atoms with Gasteiger partial charge in [0.15, 0.2) is 13.2 Å². The minimum absolute atomic E-state index is 0. The predicted molar refractivity (Wildman–Crippen MR) is 200 cm³/mol. The molecule has 3 aromatic rings. The second-order valence-electron chi connectivity index (χ2n) is 12.1. The number of amides is 3. The lowest BCUT2D eigenvalue weighted by Gasteiger charge is -2.36. The van der Waals surface area contributed by atoms with Gasteiger partial charge in [0.05, 0.1) is 68.0 Å². The first kappa shape index (κ1) is 40.6. The lowest BCUT2D eigenvalue weighted by Crippen LogP contribution is -2.48. The predicted octanol–water partition coefficient (Wildman–Crippen LogP) is 4.66. The maximum absolute atomic E-state index is 13.0. The molecule has 2 aromatic carbocycles. The van der Waals surface area contributed by atoms with E-state index < -0.39 is 5.50 Å². The van der Waals surface area contributed by atoms with Gasteiger partial charge in [-0.2, -0.15) is 5.01 Å². The van der Waals surface area contributed by atoms with Gasteiger partial charge >= 0.3 is 0 Å². The monoisotopic (exact) mass is 816 g/mol. The van der Waals surface area contributed by atoms with Crippen LogP contribution in [0.15, 0.2) is 29.1 Å². The van der Waals surface area contributed by atoms with E-state index in [0.29, 0.717) is 96.7 Å². The molecule has 0 saturated carbocycles. The molecule has 5 heterocycles. The van der Waals surface area contributed by atoms with E-state index in [1.807, 2.05) is 6.92 Å². The number of hydrogen-bond donors (Lipinski definition) is 1. The number of aromatic nitrogens is 2. The van der Waals surface area contributed by atoms with E-state index in [4.69, 9.17) is 70.1 Å². The number of hydrazine groups is 1. The fourth-order valence-electron chi connectivity index (χ4n) is 6.24. The maximum Gasteiger partial charge on any atom is 0.276 e. The van der Waals surface area contributed by atoms with Crippen molar-refractivity contribution in [2.75, 3.05) is 76.8 Å². The van der Waals surface area contributed by atoms with E-state index in [9.17, 15) is 19.2 Å². The SMILES string of the molecule is C.CC(c1cc2c(cc1Cl)OCC(=O)N2)C(Cl)N1CCOCCN1C=O.COCN1C(=O)COc2cc(Cl)c(-c3c(Cl)n4n(c3=O)CCOCC4)cc21. The molecule has 15 nitrogen and oxygen atoms in total. The molecule has 4 aliphatic heterocycles. The van der Waals surface area contributed by atoms with E-state index in [0.717, 1.165) is 12.0 Å². The molecule has 2 atom stereocenters. The van der Waals surface area contributed by atoms with E-state index in [2.05, 4.69) is 5.32 Å². The Bertz CT molecular complexity index is 1910. The highest BCUT2D eigenvalue weighted by Crippen LogP contribution is 2.42. The number of methoxy groups -OCH3 is 1. The van der Waals surface area contributed by atoms with Gasteiger partial charge in [-0.3, -0.25) is 33.8 Å². The van der Waals surface area contributed by atoms with E-state index in [1.165, 1.54) is 17.0 Å². The molecule has 2 unspecified atom stereocenters. The lowest BCUT2D eigenvalue weighted by atomic mass is 9.99. The normalized spacial score (nSPS) is 18.2. The zero-order chi connectivity index (χ0) is 37.1. The number of carbonyl (C=O) groups is 3. The number of nitrogens with one attached hydrogen (secondary N) is 1. The van der Waals surface area contributed by atoms with Crippen molar-refractivity contribution in [3.8, 4) is 22.6 Å². The molecule has 0 bridgehead atoms. The highest BCUT2D eigenvalue weighted by Gasteiger charge is 2.32. The largest absolute Gasteiger partial charge is 0.482 e. The van der Waals surface area contributed by atoms with Crippen LogP contribution in [0.5, 0.6) is 11.5 Å². The number of alkyl halides is 1. The number of anilines is 2. The molecule has 0 radical (unpaired) electrons. The molecule has 53 heavy (non-hydrogen) atoms. The first-order valence-corrected chi connectivity index (χ1v) is 17.9. The summed E-state index contributed by atoms with van der Waals surface area (Å²) in [6.07, 6.45) is 0.749. The third-order valence-electron chi connectivity index (χ3n) is 8.89. The quantitative estimate of drug-likeness (QED) is 0.203. The molecule has 0 spiro atoms. The fraction of sp³-hybridized carbons (Fsp3) is 0.471. The number of ether oxygens (including phenoxy) is 5. The fourth-order valence-corrected chi connectivity index (χ4v) is 7.52. The highest BCUT2D eigenvalue weighted by atomic mass is 35.5. The second-order valence-corrected chi connectivity index (χ2v) is 13.7. The summed E-state index contributed by atoms with van der Waals surface area (Å²) in [5.74, 6) is 0.312. The number of benzene rings is 2. The van der Waals surface area contributed by atoms with Crippen LogP contribution in [-0.2, 0) is 41.7 Å². The van der Waals surface area contributed by atoms with Gasteiger partial charge in [-0.1, -0.05) is 49.2 Å². The topological polar surface area (TPSA) is 146 Å². The minimum Gasteiger partial charge on any atom is -0.482 e. The molecule has 7 rings (SSSR count). The number of rotatable bonds is 7. The molecule has 19 heteroatoms. The minimum atomic E-state index is -0.511. The Labute approximate surface area is 326 Å². The summed E-state index contributed by atoms with van der Waals surface area (Å²) in [7, 11) is 1.50. The number of nitrogens with zero attached hydrogens (tertiary/aromatic N) is 5. The van der Waals surface area contributed by atoms with Crippen LogP contribution in [0.1, 0.15) is 25.8 Å². The molecule has 1 aromatic heterocycles. The van der Waals surface area contributed by atoms with Gasteiger partial charge in [-0.05, 0) is 17.7 Å². The number of fused-ring (bicyclic) bond motifs is 3. The molecular weight excluding hydrogens is 778 g/mol. The lowest BCUT2D eigenvalue weighted by molar-refractivity contribution is -0.135. The van der Waals surface area contributed by atoms with Gasteiger partial charge in [0.1, 0.15) is 28.9 Å². The van der Waals surface area contributed by atoms with Crippen LogP contribution >= 0.6 is 46.4 Å². The third-order valence-corrected chi connectivity index (χ3v) is 10.5. The van der Waals surface area contributed by atoms with Crippen molar-refractivity contribution in [2.45, 2.75) is 38.9 Å². The van der Waals surface area contributed by atoms with Crippen molar-refractivity contribution in [1.29, 1.82) is 0 Å². The van der Waals surface area contributed by atoms with Crippen LogP contribution in [-0.4, -0.2) is 110 Å². The van der Waals surface area contributed by atoms with Gasteiger partial charge in [-0.15, -0.1) is 11.6 Å². The summed E-state index contributed by atoms with van der Waals surface area (Å²) in [6, 6.07) is 6.68. The Hall–Kier alpha value is -3.54. The zero-order valence-electron chi connectivity index (χ0n) is 28.2. The van der Waals surface area contributed by atoms with Crippen LogP contribution in [0.4, 0.5) is 11.4 Å². The first-order chi connectivity index (χ1) is 25.0. The van der Waals surface area contributed by atoms with Crippen molar-refractivity contribution in [2.24, 2.45) is 0 Å². The van der Waals surface area contributed by atoms with Crippen LogP contribution in [0.2, 0.25) is 15.2 Å². The molecule has 3 amide bonds. The van der Waals surface area contributed by atoms with Gasteiger partial charge in [0.2, 0.25) is 6.41 Å². The zero-order valence-corrected chi connectivity index (χ0v) is 31.3.